The van der Waals surface area contributed by atoms with Crippen molar-refractivity contribution in [1.82, 2.24) is 9.88 Å². The highest BCUT2D eigenvalue weighted by Crippen LogP contribution is 2.30. The van der Waals surface area contributed by atoms with E-state index in [0.717, 1.165) is 23.4 Å². The fourth-order valence-corrected chi connectivity index (χ4v) is 4.32. The summed E-state index contributed by atoms with van der Waals surface area (Å²) in [4.78, 5) is 31.3. The number of Topliss-reactive ketones (excluding diaryl/α,β-unsaturated/α-hetero) is 1. The Labute approximate surface area is 192 Å². The number of amides is 1. The molecule has 0 radical (unpaired) electrons. The molecule has 32 heavy (non-hydrogen) atoms. The summed E-state index contributed by atoms with van der Waals surface area (Å²) >= 11 is 1.39. The highest BCUT2D eigenvalue weighted by atomic mass is 32.1. The Morgan fingerprint density at radius 2 is 1.72 bits per heavy atom. The topological polar surface area (TPSA) is 68.7 Å². The lowest BCUT2D eigenvalue weighted by Gasteiger charge is -2.23. The van der Waals surface area contributed by atoms with Crippen LogP contribution in [0.4, 0.5) is 0 Å². The number of carbonyl (C=O) groups is 2. The van der Waals surface area contributed by atoms with Crippen LogP contribution >= 0.6 is 11.3 Å². The number of hydrogen-bond acceptors (Lipinski definition) is 6. The van der Waals surface area contributed by atoms with Crippen LogP contribution in [0, 0.1) is 6.92 Å². The van der Waals surface area contributed by atoms with Gasteiger partial charge < -0.3 is 14.4 Å². The molecule has 3 aromatic rings. The van der Waals surface area contributed by atoms with Crippen molar-refractivity contribution in [3.05, 3.63) is 75.2 Å². The molecule has 0 fully saturated rings. The van der Waals surface area contributed by atoms with Gasteiger partial charge in [-0.1, -0.05) is 30.3 Å². The summed E-state index contributed by atoms with van der Waals surface area (Å²) in [5, 5.41) is 2.47. The number of thiazole rings is 1. The highest BCUT2D eigenvalue weighted by molar-refractivity contribution is 7.09. The molecule has 1 amide bonds. The molecule has 1 heterocycles. The molecule has 0 unspecified atom stereocenters. The Balaban J connectivity index is 1.84. The number of methoxy groups -OCH3 is 2. The second-order valence-electron chi connectivity index (χ2n) is 7.50. The first-order valence-corrected chi connectivity index (χ1v) is 11.3. The maximum Gasteiger partial charge on any atom is 0.254 e. The van der Waals surface area contributed by atoms with Crippen molar-refractivity contribution in [2.24, 2.45) is 0 Å². The van der Waals surface area contributed by atoms with Gasteiger partial charge in [0, 0.05) is 30.0 Å². The van der Waals surface area contributed by atoms with E-state index in [9.17, 15) is 9.59 Å². The first kappa shape index (κ1) is 23.5. The molecule has 168 valence electrons. The molecule has 3 rings (SSSR count). The minimum atomic E-state index is -0.130. The maximum absolute atomic E-state index is 13.5. The number of ketones is 1. The molecule has 0 saturated heterocycles. The van der Waals surface area contributed by atoms with Crippen LogP contribution in [0.2, 0.25) is 0 Å². The van der Waals surface area contributed by atoms with Crippen molar-refractivity contribution in [2.45, 2.75) is 33.2 Å². The standard InChI is InChI=1S/C25H28N2O4S/c1-17-22(30-3)13-20(14-23(17)31-4)25(29)27(12-8-11-19-9-6-5-7-10-19)15-24-26-21(16-32-24)18(2)28/h5-7,9-10,13-14,16H,8,11-12,15H2,1-4H3. The third-order valence-electron chi connectivity index (χ3n) is 5.26. The van der Waals surface area contributed by atoms with Gasteiger partial charge >= 0.3 is 0 Å². The number of carbonyl (C=O) groups excluding carboxylic acids is 2. The van der Waals surface area contributed by atoms with E-state index in [1.807, 2.05) is 25.1 Å². The zero-order valence-corrected chi connectivity index (χ0v) is 19.7. The molecule has 0 N–H and O–H groups in total. The second kappa shape index (κ2) is 10.9. The highest BCUT2D eigenvalue weighted by Gasteiger charge is 2.21. The Hall–Kier alpha value is -3.19. The summed E-state index contributed by atoms with van der Waals surface area (Å²) in [5.41, 5.74) is 2.99. The number of benzene rings is 2. The normalized spacial score (nSPS) is 10.6. The fourth-order valence-electron chi connectivity index (χ4n) is 3.47. The van der Waals surface area contributed by atoms with E-state index in [1.54, 1.807) is 36.6 Å². The summed E-state index contributed by atoms with van der Waals surface area (Å²) < 4.78 is 10.9. The van der Waals surface area contributed by atoms with Gasteiger partial charge in [-0.25, -0.2) is 4.98 Å². The third kappa shape index (κ3) is 5.73. The molecule has 0 spiro atoms. The number of aromatic nitrogens is 1. The Kier molecular flexibility index (Phi) is 8.00. The van der Waals surface area contributed by atoms with E-state index in [1.165, 1.54) is 23.8 Å². The van der Waals surface area contributed by atoms with E-state index in [2.05, 4.69) is 17.1 Å². The molecule has 0 bridgehead atoms. The van der Waals surface area contributed by atoms with Crippen molar-refractivity contribution < 1.29 is 19.1 Å². The number of aryl methyl sites for hydroxylation is 1. The summed E-state index contributed by atoms with van der Waals surface area (Å²) in [6, 6.07) is 13.7. The van der Waals surface area contributed by atoms with Crippen molar-refractivity contribution in [2.75, 3.05) is 20.8 Å². The first-order valence-electron chi connectivity index (χ1n) is 10.4. The van der Waals surface area contributed by atoms with Gasteiger partial charge in [-0.05, 0) is 37.5 Å². The van der Waals surface area contributed by atoms with Crippen molar-refractivity contribution in [3.8, 4) is 11.5 Å². The molecule has 0 aliphatic rings. The average molecular weight is 453 g/mol. The van der Waals surface area contributed by atoms with Crippen LogP contribution in [-0.2, 0) is 13.0 Å². The molecular formula is C25H28N2O4S. The molecule has 0 aliphatic heterocycles. The van der Waals surface area contributed by atoms with Gasteiger partial charge in [0.25, 0.3) is 5.91 Å². The monoisotopic (exact) mass is 452 g/mol. The third-order valence-corrected chi connectivity index (χ3v) is 6.09. The van der Waals surface area contributed by atoms with Crippen LogP contribution in [-0.4, -0.2) is 42.3 Å². The lowest BCUT2D eigenvalue weighted by Crippen LogP contribution is -2.32. The number of rotatable bonds is 10. The summed E-state index contributed by atoms with van der Waals surface area (Å²) in [7, 11) is 3.15. The summed E-state index contributed by atoms with van der Waals surface area (Å²) in [6.45, 7) is 4.28. The van der Waals surface area contributed by atoms with Gasteiger partial charge in [-0.2, -0.15) is 0 Å². The summed E-state index contributed by atoms with van der Waals surface area (Å²) in [6.07, 6.45) is 1.67. The molecule has 2 aromatic carbocycles. The van der Waals surface area contributed by atoms with Crippen LogP contribution < -0.4 is 9.47 Å². The molecule has 0 atom stereocenters. The van der Waals surface area contributed by atoms with Gasteiger partial charge in [-0.15, -0.1) is 11.3 Å². The van der Waals surface area contributed by atoms with Crippen LogP contribution in [0.5, 0.6) is 11.5 Å². The predicted molar refractivity (Wildman–Crippen MR) is 126 cm³/mol. The Morgan fingerprint density at radius 3 is 2.28 bits per heavy atom. The van der Waals surface area contributed by atoms with Crippen LogP contribution in [0.1, 0.15) is 50.3 Å². The quantitative estimate of drug-likeness (QED) is 0.407. The van der Waals surface area contributed by atoms with E-state index >= 15 is 0 Å². The Morgan fingerprint density at radius 1 is 1.06 bits per heavy atom. The molecule has 6 nitrogen and oxygen atoms in total. The van der Waals surface area contributed by atoms with Crippen molar-refractivity contribution in [1.29, 1.82) is 0 Å². The lowest BCUT2D eigenvalue weighted by atomic mass is 10.1. The zero-order valence-electron chi connectivity index (χ0n) is 18.9. The van der Waals surface area contributed by atoms with Crippen molar-refractivity contribution >= 4 is 23.0 Å². The number of ether oxygens (including phenoxy) is 2. The zero-order chi connectivity index (χ0) is 23.1. The van der Waals surface area contributed by atoms with E-state index in [-0.39, 0.29) is 11.7 Å². The molecule has 1 aromatic heterocycles. The average Bonchev–Trinajstić information content (AvgIpc) is 3.28. The van der Waals surface area contributed by atoms with Crippen LogP contribution in [0.25, 0.3) is 0 Å². The maximum atomic E-state index is 13.5. The number of nitrogens with zero attached hydrogens (tertiary/aromatic N) is 2. The molecular weight excluding hydrogens is 424 g/mol. The number of hydrogen-bond donors (Lipinski definition) is 0. The molecule has 0 aliphatic carbocycles. The molecule has 0 saturated carbocycles. The predicted octanol–water partition coefficient (Wildman–Crippen LogP) is 4.95. The minimum Gasteiger partial charge on any atom is -0.496 e. The second-order valence-corrected chi connectivity index (χ2v) is 8.45. The van der Waals surface area contributed by atoms with E-state index < -0.39 is 0 Å². The van der Waals surface area contributed by atoms with Gasteiger partial charge in [0.05, 0.1) is 20.8 Å². The van der Waals surface area contributed by atoms with Crippen LogP contribution in [0.3, 0.4) is 0 Å². The first-order chi connectivity index (χ1) is 15.4. The van der Waals surface area contributed by atoms with E-state index in [4.69, 9.17) is 9.47 Å². The van der Waals surface area contributed by atoms with Gasteiger partial charge in [-0.3, -0.25) is 9.59 Å². The SMILES string of the molecule is COc1cc(C(=O)N(CCCc2ccccc2)Cc2nc(C(C)=O)cs2)cc(OC)c1C. The van der Waals surface area contributed by atoms with Gasteiger partial charge in [0.1, 0.15) is 22.2 Å². The fraction of sp³-hybridized carbons (Fsp3) is 0.320. The summed E-state index contributed by atoms with van der Waals surface area (Å²) in [5.74, 6) is 0.992. The van der Waals surface area contributed by atoms with Gasteiger partial charge in [0.15, 0.2) is 5.78 Å². The van der Waals surface area contributed by atoms with E-state index in [0.29, 0.717) is 35.8 Å². The van der Waals surface area contributed by atoms with Gasteiger partial charge in [0.2, 0.25) is 0 Å². The van der Waals surface area contributed by atoms with Crippen LogP contribution in [0.15, 0.2) is 47.8 Å². The largest absolute Gasteiger partial charge is 0.496 e. The Bertz CT molecular complexity index is 1050. The lowest BCUT2D eigenvalue weighted by molar-refractivity contribution is 0.0740. The smallest absolute Gasteiger partial charge is 0.254 e. The van der Waals surface area contributed by atoms with Crippen molar-refractivity contribution in [3.63, 3.8) is 0 Å². The minimum absolute atomic E-state index is 0.0811. The molecule has 7 heteroatoms.